The standard InChI is InChI=1S/C27H29FN6O/c1-19-5-8-21(9-6-19)25-31-24-4-3-11-29-26(24)34(25)17-14-32-12-15-33(16-13-32)27(35)30-22-10-7-20(2)23(28)18-22/h3-11,18H,12-17H2,1-2H3,(H,30,35). The number of benzene rings is 2. The van der Waals surface area contributed by atoms with Crippen molar-refractivity contribution in [3.63, 3.8) is 0 Å². The summed E-state index contributed by atoms with van der Waals surface area (Å²) >= 11 is 0. The molecule has 0 spiro atoms. The lowest BCUT2D eigenvalue weighted by atomic mass is 10.1. The summed E-state index contributed by atoms with van der Waals surface area (Å²) in [6, 6.07) is 16.9. The highest BCUT2D eigenvalue weighted by Crippen LogP contribution is 2.24. The molecule has 8 heteroatoms. The van der Waals surface area contributed by atoms with Gasteiger partial charge in [-0.2, -0.15) is 0 Å². The molecule has 1 fully saturated rings. The zero-order valence-electron chi connectivity index (χ0n) is 20.0. The maximum absolute atomic E-state index is 13.8. The number of anilines is 1. The normalized spacial score (nSPS) is 14.4. The summed E-state index contributed by atoms with van der Waals surface area (Å²) < 4.78 is 16.0. The Morgan fingerprint density at radius 2 is 1.77 bits per heavy atom. The molecule has 1 saturated heterocycles. The lowest BCUT2D eigenvalue weighted by molar-refractivity contribution is 0.145. The van der Waals surface area contributed by atoms with E-state index < -0.39 is 0 Å². The van der Waals surface area contributed by atoms with E-state index in [2.05, 4.69) is 51.0 Å². The van der Waals surface area contributed by atoms with Crippen LogP contribution in [-0.4, -0.2) is 63.1 Å². The molecule has 0 saturated carbocycles. The number of aromatic nitrogens is 3. The molecule has 0 radical (unpaired) electrons. The summed E-state index contributed by atoms with van der Waals surface area (Å²) in [6.45, 7) is 8.15. The maximum Gasteiger partial charge on any atom is 0.321 e. The first-order valence-corrected chi connectivity index (χ1v) is 11.9. The Balaban J connectivity index is 1.22. The van der Waals surface area contributed by atoms with Gasteiger partial charge >= 0.3 is 6.03 Å². The Labute approximate surface area is 204 Å². The number of piperazine rings is 1. The van der Waals surface area contributed by atoms with E-state index in [9.17, 15) is 9.18 Å². The number of urea groups is 1. The first-order chi connectivity index (χ1) is 17.0. The number of pyridine rings is 1. The Kier molecular flexibility index (Phi) is 6.46. The number of fused-ring (bicyclic) bond motifs is 1. The number of carbonyl (C=O) groups excluding carboxylic acids is 1. The minimum Gasteiger partial charge on any atom is -0.322 e. The number of hydrogen-bond acceptors (Lipinski definition) is 4. The van der Waals surface area contributed by atoms with Crippen LogP contribution in [0.25, 0.3) is 22.6 Å². The molecule has 1 aliphatic rings. The van der Waals surface area contributed by atoms with E-state index in [1.165, 1.54) is 11.6 Å². The molecular formula is C27H29FN6O. The van der Waals surface area contributed by atoms with E-state index in [1.54, 1.807) is 30.2 Å². The van der Waals surface area contributed by atoms with Crippen molar-refractivity contribution >= 4 is 22.9 Å². The Bertz CT molecular complexity index is 1340. The fraction of sp³-hybridized carbons (Fsp3) is 0.296. The number of imidazole rings is 1. The average Bonchev–Trinajstić information content (AvgIpc) is 3.24. The SMILES string of the molecule is Cc1ccc(-c2nc3cccnc3n2CCN2CCN(C(=O)Nc3ccc(C)c(F)c3)CC2)cc1. The lowest BCUT2D eigenvalue weighted by Crippen LogP contribution is -2.50. The number of aryl methyl sites for hydroxylation is 2. The van der Waals surface area contributed by atoms with E-state index in [0.717, 1.165) is 48.7 Å². The van der Waals surface area contributed by atoms with Gasteiger partial charge in [-0.05, 0) is 43.7 Å². The van der Waals surface area contributed by atoms with Crippen LogP contribution in [-0.2, 0) is 6.54 Å². The summed E-state index contributed by atoms with van der Waals surface area (Å²) in [4.78, 5) is 26.2. The van der Waals surface area contributed by atoms with Crippen LogP contribution in [0.5, 0.6) is 0 Å². The largest absolute Gasteiger partial charge is 0.322 e. The third-order valence-corrected chi connectivity index (χ3v) is 6.54. The van der Waals surface area contributed by atoms with Gasteiger partial charge in [0.1, 0.15) is 17.2 Å². The van der Waals surface area contributed by atoms with Gasteiger partial charge in [-0.1, -0.05) is 35.9 Å². The third kappa shape index (κ3) is 5.02. The molecule has 5 rings (SSSR count). The number of rotatable bonds is 5. The second kappa shape index (κ2) is 9.84. The molecule has 0 aliphatic carbocycles. The second-order valence-electron chi connectivity index (χ2n) is 9.02. The van der Waals surface area contributed by atoms with Gasteiger partial charge in [-0.15, -0.1) is 0 Å². The van der Waals surface area contributed by atoms with Crippen molar-refractivity contribution in [1.29, 1.82) is 0 Å². The first kappa shape index (κ1) is 23.0. The zero-order chi connectivity index (χ0) is 24.4. The number of nitrogens with zero attached hydrogens (tertiary/aromatic N) is 5. The predicted molar refractivity (Wildman–Crippen MR) is 136 cm³/mol. The zero-order valence-corrected chi connectivity index (χ0v) is 20.0. The number of carbonyl (C=O) groups is 1. The van der Waals surface area contributed by atoms with Crippen LogP contribution < -0.4 is 5.32 Å². The van der Waals surface area contributed by atoms with Crippen molar-refractivity contribution < 1.29 is 9.18 Å². The molecule has 35 heavy (non-hydrogen) atoms. The van der Waals surface area contributed by atoms with Crippen LogP contribution in [0, 0.1) is 19.7 Å². The minimum absolute atomic E-state index is 0.195. The number of hydrogen-bond donors (Lipinski definition) is 1. The van der Waals surface area contributed by atoms with E-state index in [0.29, 0.717) is 24.3 Å². The summed E-state index contributed by atoms with van der Waals surface area (Å²) in [5.74, 6) is 0.598. The summed E-state index contributed by atoms with van der Waals surface area (Å²) in [6.07, 6.45) is 1.80. The lowest BCUT2D eigenvalue weighted by Gasteiger charge is -2.34. The van der Waals surface area contributed by atoms with Crippen molar-refractivity contribution in [2.75, 3.05) is 38.0 Å². The Hall–Kier alpha value is -3.78. The molecule has 4 aromatic rings. The molecule has 7 nitrogen and oxygen atoms in total. The van der Waals surface area contributed by atoms with Gasteiger partial charge < -0.3 is 14.8 Å². The van der Waals surface area contributed by atoms with Gasteiger partial charge in [0.25, 0.3) is 0 Å². The van der Waals surface area contributed by atoms with E-state index >= 15 is 0 Å². The molecule has 3 heterocycles. The van der Waals surface area contributed by atoms with Gasteiger partial charge in [0.2, 0.25) is 0 Å². The maximum atomic E-state index is 13.8. The summed E-state index contributed by atoms with van der Waals surface area (Å²) in [7, 11) is 0. The Morgan fingerprint density at radius 1 is 1.00 bits per heavy atom. The van der Waals surface area contributed by atoms with Crippen LogP contribution in [0.2, 0.25) is 0 Å². The van der Waals surface area contributed by atoms with Gasteiger partial charge in [0.15, 0.2) is 5.65 Å². The predicted octanol–water partition coefficient (Wildman–Crippen LogP) is 4.70. The Morgan fingerprint density at radius 3 is 2.51 bits per heavy atom. The van der Waals surface area contributed by atoms with Crippen molar-refractivity contribution in [3.8, 4) is 11.4 Å². The van der Waals surface area contributed by atoms with Gasteiger partial charge in [0.05, 0.1) is 0 Å². The number of amides is 2. The molecule has 1 aliphatic heterocycles. The van der Waals surface area contributed by atoms with Crippen molar-refractivity contribution in [3.05, 3.63) is 77.7 Å². The molecule has 180 valence electrons. The number of halogens is 1. The minimum atomic E-state index is -0.320. The summed E-state index contributed by atoms with van der Waals surface area (Å²) in [5, 5.41) is 2.81. The highest BCUT2D eigenvalue weighted by molar-refractivity contribution is 5.89. The first-order valence-electron chi connectivity index (χ1n) is 11.9. The molecule has 2 aromatic carbocycles. The average molecular weight is 473 g/mol. The molecular weight excluding hydrogens is 443 g/mol. The van der Waals surface area contributed by atoms with E-state index in [1.807, 2.05) is 12.1 Å². The number of nitrogens with one attached hydrogen (secondary N) is 1. The van der Waals surface area contributed by atoms with Gasteiger partial charge in [-0.3, -0.25) is 4.90 Å². The third-order valence-electron chi connectivity index (χ3n) is 6.54. The van der Waals surface area contributed by atoms with Crippen LogP contribution >= 0.6 is 0 Å². The van der Waals surface area contributed by atoms with Crippen molar-refractivity contribution in [1.82, 2.24) is 24.3 Å². The van der Waals surface area contributed by atoms with Crippen LogP contribution in [0.4, 0.5) is 14.9 Å². The molecule has 2 amide bonds. The highest BCUT2D eigenvalue weighted by atomic mass is 19.1. The second-order valence-corrected chi connectivity index (χ2v) is 9.02. The van der Waals surface area contributed by atoms with Gasteiger partial charge in [0, 0.05) is 56.7 Å². The molecule has 0 bridgehead atoms. The van der Waals surface area contributed by atoms with E-state index in [-0.39, 0.29) is 11.8 Å². The van der Waals surface area contributed by atoms with Crippen LogP contribution in [0.1, 0.15) is 11.1 Å². The monoisotopic (exact) mass is 472 g/mol. The topological polar surface area (TPSA) is 66.3 Å². The van der Waals surface area contributed by atoms with Crippen LogP contribution in [0.15, 0.2) is 60.8 Å². The van der Waals surface area contributed by atoms with Crippen molar-refractivity contribution in [2.24, 2.45) is 0 Å². The van der Waals surface area contributed by atoms with Gasteiger partial charge in [-0.25, -0.2) is 19.2 Å². The molecule has 0 unspecified atom stereocenters. The van der Waals surface area contributed by atoms with Crippen LogP contribution in [0.3, 0.4) is 0 Å². The fourth-order valence-electron chi connectivity index (χ4n) is 4.38. The molecule has 0 atom stereocenters. The quantitative estimate of drug-likeness (QED) is 0.457. The van der Waals surface area contributed by atoms with Crippen molar-refractivity contribution in [2.45, 2.75) is 20.4 Å². The smallest absolute Gasteiger partial charge is 0.321 e. The molecule has 2 aromatic heterocycles. The highest BCUT2D eigenvalue weighted by Gasteiger charge is 2.22. The fourth-order valence-corrected chi connectivity index (χ4v) is 4.38. The molecule has 1 N–H and O–H groups in total. The van der Waals surface area contributed by atoms with E-state index in [4.69, 9.17) is 4.98 Å². The summed E-state index contributed by atoms with van der Waals surface area (Å²) in [5.41, 5.74) is 5.08.